The van der Waals surface area contributed by atoms with E-state index >= 15 is 0 Å². The number of hydrogen-bond donors (Lipinski definition) is 0. The molecule has 0 aliphatic rings. The maximum atomic E-state index is 12.6. The molecule has 30 heavy (non-hydrogen) atoms. The average Bonchev–Trinajstić information content (AvgIpc) is 2.75. The zero-order valence-corrected chi connectivity index (χ0v) is 17.2. The number of carbonyl (C=O) groups is 1. The van der Waals surface area contributed by atoms with E-state index in [9.17, 15) is 9.59 Å². The predicted molar refractivity (Wildman–Crippen MR) is 114 cm³/mol. The number of halogens is 1. The first-order valence-electron chi connectivity index (χ1n) is 9.31. The number of ether oxygens (including phenoxy) is 1. The Balaban J connectivity index is 1.52. The Morgan fingerprint density at radius 1 is 1.03 bits per heavy atom. The number of pyridine rings is 2. The first kappa shape index (κ1) is 19.8. The topological polar surface area (TPSA) is 73.6 Å². The van der Waals surface area contributed by atoms with Crippen LogP contribution in [-0.2, 0) is 6.61 Å². The Labute approximate surface area is 177 Å². The molecule has 0 saturated carbocycles. The predicted octanol–water partition coefficient (Wildman–Crippen LogP) is 4.17. The molecule has 4 aromatic rings. The maximum absolute atomic E-state index is 12.6. The number of rotatable bonds is 5. The van der Waals surface area contributed by atoms with Crippen molar-refractivity contribution < 1.29 is 9.53 Å². The lowest BCUT2D eigenvalue weighted by Gasteiger charge is -2.11. The van der Waals surface area contributed by atoms with Crippen molar-refractivity contribution in [2.45, 2.75) is 20.5 Å². The summed E-state index contributed by atoms with van der Waals surface area (Å²) in [4.78, 5) is 33.6. The third kappa shape index (κ3) is 3.82. The van der Waals surface area contributed by atoms with Crippen molar-refractivity contribution in [3.63, 3.8) is 0 Å². The van der Waals surface area contributed by atoms with Crippen molar-refractivity contribution in [3.05, 3.63) is 104 Å². The Kier molecular flexibility index (Phi) is 5.33. The van der Waals surface area contributed by atoms with Gasteiger partial charge in [-0.05, 0) is 43.7 Å². The molecular weight excluding hydrogens is 402 g/mol. The van der Waals surface area contributed by atoms with Gasteiger partial charge in [-0.3, -0.25) is 14.0 Å². The summed E-state index contributed by atoms with van der Waals surface area (Å²) < 4.78 is 7.38. The lowest BCUT2D eigenvalue weighted by Crippen LogP contribution is -2.21. The van der Waals surface area contributed by atoms with Crippen LogP contribution in [0.4, 0.5) is 0 Å². The quantitative estimate of drug-likeness (QED) is 0.358. The Morgan fingerprint density at radius 3 is 2.47 bits per heavy atom. The Morgan fingerprint density at radius 2 is 1.77 bits per heavy atom. The van der Waals surface area contributed by atoms with E-state index in [1.54, 1.807) is 41.7 Å². The van der Waals surface area contributed by atoms with Crippen LogP contribution in [0.3, 0.4) is 0 Å². The molecule has 0 amide bonds. The number of fused-ring (bicyclic) bond motifs is 1. The van der Waals surface area contributed by atoms with Crippen LogP contribution in [0, 0.1) is 13.8 Å². The standard InChI is InChI=1S/C23H18ClN3O3/c1-14-4-3-5-20-26-22(15(2)23(29)27(14)20)30-13-16-6-8-17(9-7-16)21(28)18-10-11-19(24)25-12-18/h3-12H,13H2,1-2H3. The van der Waals surface area contributed by atoms with Crippen LogP contribution in [0.15, 0.2) is 65.6 Å². The van der Waals surface area contributed by atoms with Crippen LogP contribution in [0.25, 0.3) is 5.65 Å². The third-order valence-electron chi connectivity index (χ3n) is 4.81. The van der Waals surface area contributed by atoms with Gasteiger partial charge in [-0.1, -0.05) is 41.9 Å². The van der Waals surface area contributed by atoms with Crippen LogP contribution >= 0.6 is 11.6 Å². The molecule has 4 rings (SSSR count). The summed E-state index contributed by atoms with van der Waals surface area (Å²) in [6.07, 6.45) is 1.45. The molecule has 3 aromatic heterocycles. The summed E-state index contributed by atoms with van der Waals surface area (Å²) >= 11 is 5.77. The number of benzene rings is 1. The van der Waals surface area contributed by atoms with E-state index in [-0.39, 0.29) is 17.9 Å². The zero-order valence-electron chi connectivity index (χ0n) is 16.4. The third-order valence-corrected chi connectivity index (χ3v) is 5.03. The van der Waals surface area contributed by atoms with E-state index in [4.69, 9.17) is 16.3 Å². The van der Waals surface area contributed by atoms with E-state index in [0.29, 0.717) is 33.4 Å². The van der Waals surface area contributed by atoms with Crippen LogP contribution in [0.5, 0.6) is 5.88 Å². The van der Waals surface area contributed by atoms with Gasteiger partial charge in [-0.15, -0.1) is 0 Å². The molecule has 0 radical (unpaired) electrons. The van der Waals surface area contributed by atoms with Crippen molar-refractivity contribution in [2.24, 2.45) is 0 Å². The van der Waals surface area contributed by atoms with E-state index in [0.717, 1.165) is 11.3 Å². The van der Waals surface area contributed by atoms with Crippen LogP contribution < -0.4 is 10.3 Å². The molecule has 0 aliphatic heterocycles. The van der Waals surface area contributed by atoms with Gasteiger partial charge in [0.25, 0.3) is 5.56 Å². The first-order valence-corrected chi connectivity index (χ1v) is 9.69. The fraction of sp³-hybridized carbons (Fsp3) is 0.130. The second kappa shape index (κ2) is 8.08. The highest BCUT2D eigenvalue weighted by molar-refractivity contribution is 6.29. The molecule has 0 atom stereocenters. The minimum Gasteiger partial charge on any atom is -0.472 e. The Hall–Kier alpha value is -3.51. The maximum Gasteiger partial charge on any atom is 0.264 e. The molecule has 0 spiro atoms. The van der Waals surface area contributed by atoms with Gasteiger partial charge in [0.2, 0.25) is 5.88 Å². The summed E-state index contributed by atoms with van der Waals surface area (Å²) in [5.74, 6) is 0.167. The fourth-order valence-electron chi connectivity index (χ4n) is 3.12. The van der Waals surface area contributed by atoms with Crippen molar-refractivity contribution in [2.75, 3.05) is 0 Å². The number of aryl methyl sites for hydroxylation is 1. The molecule has 150 valence electrons. The smallest absolute Gasteiger partial charge is 0.264 e. The fourth-order valence-corrected chi connectivity index (χ4v) is 3.23. The molecule has 1 aromatic carbocycles. The first-order chi connectivity index (χ1) is 14.4. The molecule has 0 unspecified atom stereocenters. The summed E-state index contributed by atoms with van der Waals surface area (Å²) in [5.41, 5.74) is 3.52. The van der Waals surface area contributed by atoms with Gasteiger partial charge in [0, 0.05) is 23.0 Å². The highest BCUT2D eigenvalue weighted by Gasteiger charge is 2.12. The van der Waals surface area contributed by atoms with E-state index < -0.39 is 0 Å². The average molecular weight is 420 g/mol. The molecule has 0 saturated heterocycles. The normalized spacial score (nSPS) is 10.9. The molecule has 0 bridgehead atoms. The van der Waals surface area contributed by atoms with Crippen LogP contribution in [0.2, 0.25) is 5.15 Å². The number of carbonyl (C=O) groups excluding carboxylic acids is 1. The summed E-state index contributed by atoms with van der Waals surface area (Å²) in [6.45, 7) is 3.79. The Bertz CT molecular complexity index is 1300. The number of hydrogen-bond acceptors (Lipinski definition) is 5. The highest BCUT2D eigenvalue weighted by Crippen LogP contribution is 2.17. The van der Waals surface area contributed by atoms with E-state index in [2.05, 4.69) is 9.97 Å². The highest BCUT2D eigenvalue weighted by atomic mass is 35.5. The van der Waals surface area contributed by atoms with E-state index in [1.165, 1.54) is 6.20 Å². The SMILES string of the molecule is Cc1c(OCc2ccc(C(=O)c3ccc(Cl)nc3)cc2)nc2cccc(C)n2c1=O. The van der Waals surface area contributed by atoms with Crippen molar-refractivity contribution >= 4 is 23.0 Å². The second-order valence-electron chi connectivity index (χ2n) is 6.89. The molecule has 0 aliphatic carbocycles. The number of nitrogens with zero attached hydrogens (tertiary/aromatic N) is 3. The molecule has 6 nitrogen and oxygen atoms in total. The summed E-state index contributed by atoms with van der Waals surface area (Å²) in [5, 5.41) is 0.339. The van der Waals surface area contributed by atoms with Gasteiger partial charge in [0.05, 0.1) is 5.56 Å². The van der Waals surface area contributed by atoms with Gasteiger partial charge in [-0.2, -0.15) is 4.98 Å². The molecular formula is C23H18ClN3O3. The van der Waals surface area contributed by atoms with Gasteiger partial charge < -0.3 is 4.74 Å². The molecule has 0 N–H and O–H groups in total. The van der Waals surface area contributed by atoms with Gasteiger partial charge in [-0.25, -0.2) is 4.98 Å². The number of aromatic nitrogens is 3. The minimum absolute atomic E-state index is 0.137. The van der Waals surface area contributed by atoms with Gasteiger partial charge in [0.15, 0.2) is 5.78 Å². The van der Waals surface area contributed by atoms with Gasteiger partial charge >= 0.3 is 0 Å². The monoisotopic (exact) mass is 419 g/mol. The van der Waals surface area contributed by atoms with Gasteiger partial charge in [0.1, 0.15) is 17.4 Å². The van der Waals surface area contributed by atoms with E-state index in [1.807, 2.05) is 31.2 Å². The zero-order chi connectivity index (χ0) is 21.3. The van der Waals surface area contributed by atoms with Crippen molar-refractivity contribution in [1.82, 2.24) is 14.4 Å². The van der Waals surface area contributed by atoms with Crippen LogP contribution in [0.1, 0.15) is 32.7 Å². The van der Waals surface area contributed by atoms with Crippen molar-refractivity contribution in [3.8, 4) is 5.88 Å². The molecule has 7 heteroatoms. The largest absolute Gasteiger partial charge is 0.472 e. The summed E-state index contributed by atoms with van der Waals surface area (Å²) in [7, 11) is 0. The number of ketones is 1. The second-order valence-corrected chi connectivity index (χ2v) is 7.28. The lowest BCUT2D eigenvalue weighted by atomic mass is 10.0. The minimum atomic E-state index is -0.148. The molecule has 3 heterocycles. The summed E-state index contributed by atoms with van der Waals surface area (Å²) in [6, 6.07) is 15.8. The molecule has 0 fully saturated rings. The van der Waals surface area contributed by atoms with Crippen LogP contribution in [-0.4, -0.2) is 20.2 Å². The van der Waals surface area contributed by atoms with Crippen molar-refractivity contribution in [1.29, 1.82) is 0 Å². The lowest BCUT2D eigenvalue weighted by molar-refractivity contribution is 0.103.